The third-order valence-electron chi connectivity index (χ3n) is 7.90. The number of aromatic nitrogens is 3. The number of fused-ring (bicyclic) bond motifs is 1. The molecule has 1 saturated carbocycles. The molecular formula is C30H52N6O. The number of hydrogen-bond acceptors (Lipinski definition) is 5. The second kappa shape index (κ2) is 15.3. The maximum absolute atomic E-state index is 13.5. The molecule has 1 aliphatic heterocycles. The van der Waals surface area contributed by atoms with Gasteiger partial charge in [-0.15, -0.1) is 0 Å². The first-order valence-corrected chi connectivity index (χ1v) is 14.8. The lowest BCUT2D eigenvalue weighted by Gasteiger charge is -2.27. The molecule has 37 heavy (non-hydrogen) atoms. The highest BCUT2D eigenvalue weighted by atomic mass is 16.2. The summed E-state index contributed by atoms with van der Waals surface area (Å²) in [6, 6.07) is 4.36. The lowest BCUT2D eigenvalue weighted by atomic mass is 9.96. The standard InChI is InChI=1S/C29H48N6O.CH4/c1-3-5-21-34(22-6-4-2)28(36)26-17-16-25-27(31-26)35(23-13-20-33-18-11-8-12-19-33)29(32-25)30-24-14-9-7-10-15-24;/h16-17,24H,3-15,18-23H2,1-2H3,(H,30,32);1H4. The predicted molar refractivity (Wildman–Crippen MR) is 155 cm³/mol. The van der Waals surface area contributed by atoms with Crippen molar-refractivity contribution in [1.29, 1.82) is 0 Å². The van der Waals surface area contributed by atoms with Gasteiger partial charge in [-0.3, -0.25) is 9.36 Å². The molecule has 4 rings (SSSR count). The van der Waals surface area contributed by atoms with Gasteiger partial charge in [0, 0.05) is 25.7 Å². The van der Waals surface area contributed by atoms with Crippen molar-refractivity contribution in [1.82, 2.24) is 24.3 Å². The zero-order valence-electron chi connectivity index (χ0n) is 22.8. The number of anilines is 1. The van der Waals surface area contributed by atoms with Crippen molar-refractivity contribution in [2.45, 2.75) is 117 Å². The largest absolute Gasteiger partial charge is 0.353 e. The molecule has 0 spiro atoms. The third-order valence-corrected chi connectivity index (χ3v) is 7.90. The van der Waals surface area contributed by atoms with Gasteiger partial charge in [-0.2, -0.15) is 0 Å². The molecule has 2 aromatic rings. The first-order valence-electron chi connectivity index (χ1n) is 14.8. The van der Waals surface area contributed by atoms with Crippen LogP contribution in [-0.2, 0) is 6.54 Å². The Kier molecular flexibility index (Phi) is 12.2. The first-order chi connectivity index (χ1) is 17.7. The number of likely N-dealkylation sites (tertiary alicyclic amines) is 1. The lowest BCUT2D eigenvalue weighted by Crippen LogP contribution is -2.33. The lowest BCUT2D eigenvalue weighted by molar-refractivity contribution is 0.0745. The number of nitrogens with zero attached hydrogens (tertiary/aromatic N) is 5. The molecule has 1 aliphatic carbocycles. The predicted octanol–water partition coefficient (Wildman–Crippen LogP) is 6.73. The number of carbonyl (C=O) groups is 1. The van der Waals surface area contributed by atoms with Crippen LogP contribution in [-0.4, -0.2) is 69.0 Å². The molecule has 1 amide bonds. The zero-order valence-corrected chi connectivity index (χ0v) is 22.8. The highest BCUT2D eigenvalue weighted by molar-refractivity contribution is 5.94. The number of imidazole rings is 1. The Balaban J connectivity index is 0.00000380. The van der Waals surface area contributed by atoms with Gasteiger partial charge in [0.1, 0.15) is 11.2 Å². The molecular weight excluding hydrogens is 460 g/mol. The fourth-order valence-corrected chi connectivity index (χ4v) is 5.68. The molecule has 0 aromatic carbocycles. The molecule has 2 aliphatic rings. The topological polar surface area (TPSA) is 66.3 Å². The minimum atomic E-state index is 0. The number of pyridine rings is 1. The van der Waals surface area contributed by atoms with Gasteiger partial charge in [-0.1, -0.05) is 59.8 Å². The second-order valence-electron chi connectivity index (χ2n) is 10.9. The Morgan fingerprint density at radius 2 is 1.59 bits per heavy atom. The number of unbranched alkanes of at least 4 members (excludes halogenated alkanes) is 2. The molecule has 0 bridgehead atoms. The van der Waals surface area contributed by atoms with E-state index < -0.39 is 0 Å². The van der Waals surface area contributed by atoms with Crippen LogP contribution in [0.2, 0.25) is 0 Å². The summed E-state index contributed by atoms with van der Waals surface area (Å²) in [6.07, 6.45) is 15.6. The van der Waals surface area contributed by atoms with E-state index in [1.165, 1.54) is 64.5 Å². The van der Waals surface area contributed by atoms with Gasteiger partial charge in [-0.25, -0.2) is 9.97 Å². The Labute approximate surface area is 225 Å². The number of carbonyl (C=O) groups excluding carboxylic acids is 1. The molecule has 1 N–H and O–H groups in total. The molecule has 0 atom stereocenters. The number of aryl methyl sites for hydroxylation is 1. The summed E-state index contributed by atoms with van der Waals surface area (Å²) in [7, 11) is 0. The van der Waals surface area contributed by atoms with Crippen LogP contribution in [0.3, 0.4) is 0 Å². The summed E-state index contributed by atoms with van der Waals surface area (Å²) in [5.41, 5.74) is 2.29. The quantitative estimate of drug-likeness (QED) is 0.322. The van der Waals surface area contributed by atoms with Gasteiger partial charge >= 0.3 is 0 Å². The van der Waals surface area contributed by atoms with E-state index in [2.05, 4.69) is 28.6 Å². The smallest absolute Gasteiger partial charge is 0.272 e. The molecule has 2 aromatic heterocycles. The fraction of sp³-hybridized carbons (Fsp3) is 0.767. The highest BCUT2D eigenvalue weighted by Crippen LogP contribution is 2.25. The Morgan fingerprint density at radius 3 is 2.27 bits per heavy atom. The summed E-state index contributed by atoms with van der Waals surface area (Å²) < 4.78 is 2.26. The van der Waals surface area contributed by atoms with E-state index in [0.717, 1.165) is 75.4 Å². The zero-order chi connectivity index (χ0) is 25.2. The van der Waals surface area contributed by atoms with Crippen LogP contribution in [0, 0.1) is 0 Å². The van der Waals surface area contributed by atoms with Crippen molar-refractivity contribution >= 4 is 23.0 Å². The van der Waals surface area contributed by atoms with E-state index >= 15 is 0 Å². The van der Waals surface area contributed by atoms with Crippen molar-refractivity contribution in [3.05, 3.63) is 17.8 Å². The van der Waals surface area contributed by atoms with Crippen LogP contribution in [0.4, 0.5) is 5.95 Å². The van der Waals surface area contributed by atoms with E-state index in [9.17, 15) is 4.79 Å². The van der Waals surface area contributed by atoms with Crippen molar-refractivity contribution < 1.29 is 4.79 Å². The highest BCUT2D eigenvalue weighted by Gasteiger charge is 2.22. The van der Waals surface area contributed by atoms with E-state index in [1.54, 1.807) is 0 Å². The van der Waals surface area contributed by atoms with E-state index in [0.29, 0.717) is 11.7 Å². The maximum atomic E-state index is 13.5. The minimum Gasteiger partial charge on any atom is -0.353 e. The summed E-state index contributed by atoms with van der Waals surface area (Å²) in [6.45, 7) is 10.4. The first kappa shape index (κ1) is 29.4. The van der Waals surface area contributed by atoms with E-state index in [4.69, 9.17) is 9.97 Å². The van der Waals surface area contributed by atoms with Crippen molar-refractivity contribution in [3.63, 3.8) is 0 Å². The van der Waals surface area contributed by atoms with Gasteiger partial charge in [0.25, 0.3) is 5.91 Å². The third kappa shape index (κ3) is 8.17. The monoisotopic (exact) mass is 512 g/mol. The van der Waals surface area contributed by atoms with Gasteiger partial charge in [-0.05, 0) is 76.7 Å². The molecule has 0 unspecified atom stereocenters. The van der Waals surface area contributed by atoms with Gasteiger partial charge in [0.15, 0.2) is 5.65 Å². The van der Waals surface area contributed by atoms with Gasteiger partial charge in [0.05, 0.1) is 0 Å². The van der Waals surface area contributed by atoms with Crippen LogP contribution >= 0.6 is 0 Å². The average molecular weight is 513 g/mol. The Bertz CT molecular complexity index is 937. The van der Waals surface area contributed by atoms with Crippen molar-refractivity contribution in [2.75, 3.05) is 38.0 Å². The summed E-state index contributed by atoms with van der Waals surface area (Å²) in [5, 5.41) is 3.76. The van der Waals surface area contributed by atoms with Gasteiger partial charge < -0.3 is 15.1 Å². The van der Waals surface area contributed by atoms with E-state index in [-0.39, 0.29) is 13.3 Å². The molecule has 0 radical (unpaired) electrons. The number of nitrogens with one attached hydrogen (secondary N) is 1. The summed E-state index contributed by atoms with van der Waals surface area (Å²) >= 11 is 0. The molecule has 1 saturated heterocycles. The minimum absolute atomic E-state index is 0. The maximum Gasteiger partial charge on any atom is 0.272 e. The molecule has 3 heterocycles. The molecule has 7 nitrogen and oxygen atoms in total. The fourth-order valence-electron chi connectivity index (χ4n) is 5.68. The number of piperidine rings is 1. The van der Waals surface area contributed by atoms with Crippen LogP contribution < -0.4 is 5.32 Å². The molecule has 2 fully saturated rings. The van der Waals surface area contributed by atoms with E-state index in [1.807, 2.05) is 17.0 Å². The van der Waals surface area contributed by atoms with Crippen LogP contribution in [0.1, 0.15) is 115 Å². The van der Waals surface area contributed by atoms with Crippen LogP contribution in [0.5, 0.6) is 0 Å². The van der Waals surface area contributed by atoms with Gasteiger partial charge in [0.2, 0.25) is 5.95 Å². The number of rotatable bonds is 13. The molecule has 7 heteroatoms. The van der Waals surface area contributed by atoms with Crippen molar-refractivity contribution in [2.24, 2.45) is 0 Å². The van der Waals surface area contributed by atoms with Crippen LogP contribution in [0.15, 0.2) is 12.1 Å². The average Bonchev–Trinajstić information content (AvgIpc) is 3.25. The number of amides is 1. The number of hydrogen-bond donors (Lipinski definition) is 1. The second-order valence-corrected chi connectivity index (χ2v) is 10.9. The van der Waals surface area contributed by atoms with Crippen molar-refractivity contribution in [3.8, 4) is 0 Å². The normalized spacial score (nSPS) is 17.0. The Morgan fingerprint density at radius 1 is 0.919 bits per heavy atom. The molecule has 208 valence electrons. The summed E-state index contributed by atoms with van der Waals surface area (Å²) in [5.74, 6) is 0.989. The SMILES string of the molecule is C.CCCCN(CCCC)C(=O)c1ccc2nc(NC3CCCCC3)n(CCCN3CCCCC3)c2n1. The Hall–Kier alpha value is -2.15. The summed E-state index contributed by atoms with van der Waals surface area (Å²) in [4.78, 5) is 28.0. The van der Waals surface area contributed by atoms with Crippen LogP contribution in [0.25, 0.3) is 11.2 Å².